The van der Waals surface area contributed by atoms with Crippen LogP contribution in [0.25, 0.3) is 0 Å². The maximum Gasteiger partial charge on any atom is 0.339 e. The quantitative estimate of drug-likeness (QED) is 0.379. The van der Waals surface area contributed by atoms with Crippen LogP contribution in [0, 0.1) is 23.0 Å². The number of rotatable bonds is 7. The van der Waals surface area contributed by atoms with Gasteiger partial charge in [0.2, 0.25) is 0 Å². The Bertz CT molecular complexity index is 880. The fourth-order valence-corrected chi connectivity index (χ4v) is 4.93. The minimum Gasteiger partial charge on any atom is -0.452 e. The molecule has 1 atom stereocenters. The number of amides is 1. The van der Waals surface area contributed by atoms with Crippen molar-refractivity contribution in [2.75, 3.05) is 24.7 Å². The third kappa shape index (κ3) is 5.28. The predicted octanol–water partition coefficient (Wildman–Crippen LogP) is 1.73. The zero-order valence-electron chi connectivity index (χ0n) is 16.1. The van der Waals surface area contributed by atoms with Gasteiger partial charge in [0.1, 0.15) is 0 Å². The topological polar surface area (TPSA) is 124 Å². The van der Waals surface area contributed by atoms with Crippen LogP contribution in [-0.4, -0.2) is 60.8 Å². The predicted molar refractivity (Wildman–Crippen MR) is 102 cm³/mol. The Labute approximate surface area is 163 Å². The molecule has 28 heavy (non-hydrogen) atoms. The van der Waals surface area contributed by atoms with Crippen molar-refractivity contribution >= 4 is 27.4 Å². The van der Waals surface area contributed by atoms with Crippen LogP contribution in [0.1, 0.15) is 36.2 Å². The summed E-state index contributed by atoms with van der Waals surface area (Å²) < 4.78 is 28.6. The second-order valence-corrected chi connectivity index (χ2v) is 9.51. The van der Waals surface area contributed by atoms with Crippen LogP contribution in [0.4, 0.5) is 5.69 Å². The minimum absolute atomic E-state index is 0.0147. The van der Waals surface area contributed by atoms with Gasteiger partial charge in [-0.3, -0.25) is 14.9 Å². The lowest BCUT2D eigenvalue weighted by Crippen LogP contribution is -2.45. The van der Waals surface area contributed by atoms with Crippen molar-refractivity contribution in [2.24, 2.45) is 5.92 Å². The number of esters is 1. The Kier molecular flexibility index (Phi) is 6.76. The Hall–Kier alpha value is -2.49. The summed E-state index contributed by atoms with van der Waals surface area (Å²) in [7, 11) is -3.17. The molecule has 0 spiro atoms. The van der Waals surface area contributed by atoms with Crippen molar-refractivity contribution in [1.29, 1.82) is 0 Å². The molecule has 1 amide bonds. The van der Waals surface area contributed by atoms with E-state index in [1.807, 2.05) is 13.8 Å². The first kappa shape index (κ1) is 21.8. The van der Waals surface area contributed by atoms with Gasteiger partial charge in [-0.25, -0.2) is 13.2 Å². The lowest BCUT2D eigenvalue weighted by Gasteiger charge is -2.29. The van der Waals surface area contributed by atoms with Gasteiger partial charge in [0.15, 0.2) is 16.4 Å². The fraction of sp³-hybridized carbons (Fsp3) is 0.556. The molecule has 0 aliphatic carbocycles. The fourth-order valence-electron chi connectivity index (χ4n) is 3.20. The summed E-state index contributed by atoms with van der Waals surface area (Å²) in [6.45, 7) is 5.05. The van der Waals surface area contributed by atoms with Crippen LogP contribution in [0.3, 0.4) is 0 Å². The molecule has 0 bridgehead atoms. The minimum atomic E-state index is -3.17. The van der Waals surface area contributed by atoms with Gasteiger partial charge in [-0.1, -0.05) is 19.9 Å². The average molecular weight is 412 g/mol. The second kappa shape index (κ2) is 8.68. The summed E-state index contributed by atoms with van der Waals surface area (Å²) in [5, 5.41) is 11.0. The van der Waals surface area contributed by atoms with E-state index in [4.69, 9.17) is 4.74 Å². The van der Waals surface area contributed by atoms with Gasteiger partial charge in [0, 0.05) is 24.2 Å². The number of hydrogen-bond donors (Lipinski definition) is 0. The summed E-state index contributed by atoms with van der Waals surface area (Å²) in [6.07, 6.45) is 0.360. The summed E-state index contributed by atoms with van der Waals surface area (Å²) in [6, 6.07) is 3.61. The van der Waals surface area contributed by atoms with Gasteiger partial charge in [-0.05, 0) is 25.3 Å². The van der Waals surface area contributed by atoms with E-state index in [9.17, 15) is 28.1 Å². The van der Waals surface area contributed by atoms with Crippen LogP contribution in [0.5, 0.6) is 0 Å². The second-order valence-electron chi connectivity index (χ2n) is 7.28. The molecule has 2 rings (SSSR count). The number of nitro benzene ring substituents is 1. The summed E-state index contributed by atoms with van der Waals surface area (Å²) in [5.41, 5.74) is -0.0369. The number of carbonyl (C=O) groups excluding carboxylic acids is 2. The molecule has 10 heteroatoms. The van der Waals surface area contributed by atoms with E-state index in [-0.39, 0.29) is 34.2 Å². The van der Waals surface area contributed by atoms with Crippen LogP contribution in [0.15, 0.2) is 18.2 Å². The summed E-state index contributed by atoms with van der Waals surface area (Å²) in [5.74, 6) is -1.26. The first-order chi connectivity index (χ1) is 13.0. The zero-order valence-corrected chi connectivity index (χ0v) is 16.9. The number of hydrogen-bond acceptors (Lipinski definition) is 7. The van der Waals surface area contributed by atoms with Crippen LogP contribution < -0.4 is 0 Å². The molecule has 1 aliphatic rings. The average Bonchev–Trinajstić information content (AvgIpc) is 2.96. The standard InChI is InChI=1S/C18H24N2O7S/c1-12(2)9-19(14-7-8-28(25,26)11-14)17(21)10-27-18(22)15-5-4-6-16(13(15)3)20(23)24/h4-6,12,14H,7-11H2,1-3H3. The van der Waals surface area contributed by atoms with E-state index in [2.05, 4.69) is 0 Å². The molecule has 1 aliphatic heterocycles. The van der Waals surface area contributed by atoms with Crippen molar-refractivity contribution in [2.45, 2.75) is 33.2 Å². The van der Waals surface area contributed by atoms with E-state index >= 15 is 0 Å². The van der Waals surface area contributed by atoms with Gasteiger partial charge in [0.25, 0.3) is 11.6 Å². The highest BCUT2D eigenvalue weighted by Crippen LogP contribution is 2.22. The molecule has 1 fully saturated rings. The van der Waals surface area contributed by atoms with Crippen molar-refractivity contribution in [1.82, 2.24) is 4.90 Å². The van der Waals surface area contributed by atoms with E-state index in [0.29, 0.717) is 13.0 Å². The Morgan fingerprint density at radius 2 is 2.04 bits per heavy atom. The van der Waals surface area contributed by atoms with E-state index in [0.717, 1.165) is 0 Å². The van der Waals surface area contributed by atoms with Gasteiger partial charge >= 0.3 is 5.97 Å². The van der Waals surface area contributed by atoms with Crippen LogP contribution in [-0.2, 0) is 19.4 Å². The molecule has 0 saturated carbocycles. The third-order valence-corrected chi connectivity index (χ3v) is 6.33. The van der Waals surface area contributed by atoms with E-state index < -0.39 is 39.3 Å². The SMILES string of the molecule is Cc1c(C(=O)OCC(=O)N(CC(C)C)C2CCS(=O)(=O)C2)cccc1[N+](=O)[O-]. The first-order valence-electron chi connectivity index (χ1n) is 8.93. The molecule has 1 unspecified atom stereocenters. The number of benzene rings is 1. The molecule has 1 aromatic rings. The molecule has 0 N–H and O–H groups in total. The molecule has 1 heterocycles. The Morgan fingerprint density at radius 3 is 2.57 bits per heavy atom. The van der Waals surface area contributed by atoms with Gasteiger partial charge in [-0.15, -0.1) is 0 Å². The highest BCUT2D eigenvalue weighted by atomic mass is 32.2. The maximum atomic E-state index is 12.6. The molecular formula is C18H24N2O7S. The molecule has 1 aromatic carbocycles. The number of sulfone groups is 1. The van der Waals surface area contributed by atoms with Gasteiger partial charge in [-0.2, -0.15) is 0 Å². The number of ether oxygens (including phenoxy) is 1. The van der Waals surface area contributed by atoms with Crippen molar-refractivity contribution in [3.05, 3.63) is 39.4 Å². The lowest BCUT2D eigenvalue weighted by atomic mass is 10.1. The number of nitro groups is 1. The molecule has 0 radical (unpaired) electrons. The lowest BCUT2D eigenvalue weighted by molar-refractivity contribution is -0.385. The molecule has 154 valence electrons. The van der Waals surface area contributed by atoms with Crippen molar-refractivity contribution in [3.63, 3.8) is 0 Å². The normalized spacial score (nSPS) is 18.1. The zero-order chi connectivity index (χ0) is 21.1. The molecule has 9 nitrogen and oxygen atoms in total. The van der Waals surface area contributed by atoms with Crippen molar-refractivity contribution < 1.29 is 27.7 Å². The Morgan fingerprint density at radius 1 is 1.36 bits per heavy atom. The molecule has 1 saturated heterocycles. The largest absolute Gasteiger partial charge is 0.452 e. The Balaban J connectivity index is 2.09. The monoisotopic (exact) mass is 412 g/mol. The smallest absolute Gasteiger partial charge is 0.339 e. The van der Waals surface area contributed by atoms with Crippen molar-refractivity contribution in [3.8, 4) is 0 Å². The highest BCUT2D eigenvalue weighted by molar-refractivity contribution is 7.91. The summed E-state index contributed by atoms with van der Waals surface area (Å²) >= 11 is 0. The highest BCUT2D eigenvalue weighted by Gasteiger charge is 2.35. The molecule has 0 aromatic heterocycles. The van der Waals surface area contributed by atoms with Gasteiger partial charge < -0.3 is 9.64 Å². The molecular weight excluding hydrogens is 388 g/mol. The first-order valence-corrected chi connectivity index (χ1v) is 10.7. The maximum absolute atomic E-state index is 12.6. The van der Waals surface area contributed by atoms with Crippen LogP contribution in [0.2, 0.25) is 0 Å². The van der Waals surface area contributed by atoms with Gasteiger partial charge in [0.05, 0.1) is 22.0 Å². The number of nitrogens with zero attached hydrogens (tertiary/aromatic N) is 2. The third-order valence-electron chi connectivity index (χ3n) is 4.58. The van der Waals surface area contributed by atoms with E-state index in [1.165, 1.54) is 30.0 Å². The van der Waals surface area contributed by atoms with E-state index in [1.54, 1.807) is 0 Å². The van der Waals surface area contributed by atoms with Crippen LogP contribution >= 0.6 is 0 Å². The summed E-state index contributed by atoms with van der Waals surface area (Å²) in [4.78, 5) is 36.8. The number of carbonyl (C=O) groups is 2.